The van der Waals surface area contributed by atoms with E-state index in [1.54, 1.807) is 7.11 Å². The number of nitrogens with zero attached hydrogens (tertiary/aromatic N) is 3. The molecule has 0 unspecified atom stereocenters. The second-order valence-corrected chi connectivity index (χ2v) is 8.08. The van der Waals surface area contributed by atoms with Crippen LogP contribution in [0.3, 0.4) is 0 Å². The van der Waals surface area contributed by atoms with Crippen molar-refractivity contribution < 1.29 is 9.53 Å². The summed E-state index contributed by atoms with van der Waals surface area (Å²) in [6.07, 6.45) is 0.472. The zero-order chi connectivity index (χ0) is 21.4. The van der Waals surface area contributed by atoms with Crippen LogP contribution in [0.15, 0.2) is 72.8 Å². The van der Waals surface area contributed by atoms with Gasteiger partial charge in [0.1, 0.15) is 11.6 Å². The largest absolute Gasteiger partial charge is 0.497 e. The van der Waals surface area contributed by atoms with Gasteiger partial charge in [-0.05, 0) is 48.4 Å². The van der Waals surface area contributed by atoms with E-state index in [0.717, 1.165) is 33.9 Å². The summed E-state index contributed by atoms with van der Waals surface area (Å²) >= 11 is 0. The molecular formula is C26H25N3O2. The molecule has 5 rings (SSSR count). The van der Waals surface area contributed by atoms with Crippen molar-refractivity contribution in [3.63, 3.8) is 0 Å². The maximum atomic E-state index is 12.9. The number of carbonyl (C=O) groups is 1. The number of methoxy groups -OCH3 is 1. The quantitative estimate of drug-likeness (QED) is 0.468. The van der Waals surface area contributed by atoms with Gasteiger partial charge >= 0.3 is 0 Å². The third-order valence-electron chi connectivity index (χ3n) is 6.08. The van der Waals surface area contributed by atoms with E-state index in [1.165, 1.54) is 5.56 Å². The molecule has 0 spiro atoms. The Kier molecular flexibility index (Phi) is 4.94. The highest BCUT2D eigenvalue weighted by atomic mass is 16.5. The Morgan fingerprint density at radius 3 is 2.52 bits per heavy atom. The van der Waals surface area contributed by atoms with Crippen molar-refractivity contribution in [3.8, 4) is 5.75 Å². The van der Waals surface area contributed by atoms with Crippen LogP contribution in [-0.4, -0.2) is 29.1 Å². The van der Waals surface area contributed by atoms with Gasteiger partial charge in [0, 0.05) is 31.1 Å². The van der Waals surface area contributed by atoms with Crippen molar-refractivity contribution in [1.29, 1.82) is 0 Å². The normalized spacial score (nSPS) is 16.3. The molecule has 0 bridgehead atoms. The Hall–Kier alpha value is -3.60. The van der Waals surface area contributed by atoms with Crippen molar-refractivity contribution >= 4 is 22.6 Å². The van der Waals surface area contributed by atoms with Crippen LogP contribution in [-0.2, 0) is 11.3 Å². The maximum Gasteiger partial charge on any atom is 0.227 e. The van der Waals surface area contributed by atoms with Gasteiger partial charge in [-0.1, -0.05) is 42.5 Å². The molecular weight excluding hydrogens is 386 g/mol. The highest BCUT2D eigenvalue weighted by Gasteiger charge is 2.35. The molecule has 1 aromatic heterocycles. The number of fused-ring (bicyclic) bond motifs is 1. The van der Waals surface area contributed by atoms with E-state index in [9.17, 15) is 4.79 Å². The summed E-state index contributed by atoms with van der Waals surface area (Å²) < 4.78 is 7.55. The number of para-hydroxylation sites is 3. The lowest BCUT2D eigenvalue weighted by molar-refractivity contribution is -0.117. The lowest BCUT2D eigenvalue weighted by Crippen LogP contribution is -2.25. The third kappa shape index (κ3) is 3.56. The van der Waals surface area contributed by atoms with Gasteiger partial charge in [-0.3, -0.25) is 4.79 Å². The molecule has 4 aromatic rings. The average Bonchev–Trinajstić information content (AvgIpc) is 3.35. The molecule has 156 valence electrons. The zero-order valence-electron chi connectivity index (χ0n) is 17.8. The number of benzene rings is 3. The second-order valence-electron chi connectivity index (χ2n) is 8.08. The minimum absolute atomic E-state index is 0.0535. The molecule has 0 saturated carbocycles. The lowest BCUT2D eigenvalue weighted by Gasteiger charge is -2.19. The summed E-state index contributed by atoms with van der Waals surface area (Å²) in [7, 11) is 1.67. The van der Waals surface area contributed by atoms with E-state index >= 15 is 0 Å². The summed E-state index contributed by atoms with van der Waals surface area (Å²) in [6, 6.07) is 24.4. The molecule has 0 N–H and O–H groups in total. The molecule has 1 amide bonds. The van der Waals surface area contributed by atoms with Crippen LogP contribution in [0.2, 0.25) is 0 Å². The van der Waals surface area contributed by atoms with Crippen LogP contribution < -0.4 is 9.64 Å². The van der Waals surface area contributed by atoms with Gasteiger partial charge in [-0.25, -0.2) is 4.98 Å². The first-order chi connectivity index (χ1) is 15.1. The zero-order valence-corrected chi connectivity index (χ0v) is 17.8. The molecule has 5 nitrogen and oxygen atoms in total. The Labute approximate surface area is 181 Å². The molecule has 1 aliphatic rings. The fourth-order valence-electron chi connectivity index (χ4n) is 4.47. The van der Waals surface area contributed by atoms with Gasteiger partial charge in [0.2, 0.25) is 5.91 Å². The number of anilines is 1. The number of aromatic nitrogens is 2. The third-order valence-corrected chi connectivity index (χ3v) is 6.08. The number of aryl methyl sites for hydroxylation is 1. The highest BCUT2D eigenvalue weighted by Crippen LogP contribution is 2.34. The molecule has 0 aliphatic carbocycles. The molecule has 31 heavy (non-hydrogen) atoms. The summed E-state index contributed by atoms with van der Waals surface area (Å²) in [5.74, 6) is 2.02. The number of imidazole rings is 1. The Morgan fingerprint density at radius 2 is 1.74 bits per heavy atom. The molecule has 1 saturated heterocycles. The smallest absolute Gasteiger partial charge is 0.227 e. The Bertz CT molecular complexity index is 1240. The highest BCUT2D eigenvalue weighted by molar-refractivity contribution is 5.97. The SMILES string of the molecule is COc1ccc(Cn2c([C@H]3CC(=O)N(c4ccccc4C)C3)nc3ccccc32)cc1. The van der Waals surface area contributed by atoms with Crippen molar-refractivity contribution in [3.05, 3.63) is 89.7 Å². The standard InChI is InChI=1S/C26H25N3O2/c1-18-7-3-5-9-23(18)28-17-20(15-25(28)30)26-27-22-8-4-6-10-24(22)29(26)16-19-11-13-21(31-2)14-12-19/h3-14,20H,15-17H2,1-2H3/t20-/m0/s1. The topological polar surface area (TPSA) is 47.4 Å². The number of carbonyl (C=O) groups excluding carboxylic acids is 1. The van der Waals surface area contributed by atoms with Crippen LogP contribution in [0.4, 0.5) is 5.69 Å². The van der Waals surface area contributed by atoms with E-state index in [4.69, 9.17) is 9.72 Å². The van der Waals surface area contributed by atoms with E-state index in [0.29, 0.717) is 19.5 Å². The van der Waals surface area contributed by atoms with E-state index in [-0.39, 0.29) is 11.8 Å². The van der Waals surface area contributed by atoms with Gasteiger partial charge in [0.15, 0.2) is 0 Å². The molecule has 3 aromatic carbocycles. The summed E-state index contributed by atoms with van der Waals surface area (Å²) in [6.45, 7) is 3.40. The molecule has 2 heterocycles. The van der Waals surface area contributed by atoms with Gasteiger partial charge in [-0.15, -0.1) is 0 Å². The lowest BCUT2D eigenvalue weighted by atomic mass is 10.1. The molecule has 1 aliphatic heterocycles. The maximum absolute atomic E-state index is 12.9. The predicted octanol–water partition coefficient (Wildman–Crippen LogP) is 4.92. The summed E-state index contributed by atoms with van der Waals surface area (Å²) in [5, 5.41) is 0. The average molecular weight is 412 g/mol. The fourth-order valence-corrected chi connectivity index (χ4v) is 4.47. The van der Waals surface area contributed by atoms with E-state index in [1.807, 2.05) is 53.4 Å². The monoisotopic (exact) mass is 411 g/mol. The van der Waals surface area contributed by atoms with Crippen LogP contribution in [0.25, 0.3) is 11.0 Å². The minimum atomic E-state index is 0.0535. The predicted molar refractivity (Wildman–Crippen MR) is 123 cm³/mol. The number of hydrogen-bond acceptors (Lipinski definition) is 3. The van der Waals surface area contributed by atoms with Crippen LogP contribution >= 0.6 is 0 Å². The van der Waals surface area contributed by atoms with Crippen molar-refractivity contribution in [2.75, 3.05) is 18.6 Å². The Morgan fingerprint density at radius 1 is 1.00 bits per heavy atom. The van der Waals surface area contributed by atoms with E-state index < -0.39 is 0 Å². The first-order valence-corrected chi connectivity index (χ1v) is 10.6. The fraction of sp³-hybridized carbons (Fsp3) is 0.231. The molecule has 1 atom stereocenters. The van der Waals surface area contributed by atoms with Gasteiger partial charge < -0.3 is 14.2 Å². The second kappa shape index (κ2) is 7.91. The van der Waals surface area contributed by atoms with Crippen molar-refractivity contribution in [2.24, 2.45) is 0 Å². The first kappa shape index (κ1) is 19.4. The minimum Gasteiger partial charge on any atom is -0.497 e. The molecule has 1 fully saturated rings. The number of hydrogen-bond donors (Lipinski definition) is 0. The first-order valence-electron chi connectivity index (χ1n) is 10.6. The Balaban J connectivity index is 1.52. The van der Waals surface area contributed by atoms with Crippen molar-refractivity contribution in [2.45, 2.75) is 25.8 Å². The summed E-state index contributed by atoms with van der Waals surface area (Å²) in [4.78, 5) is 19.8. The van der Waals surface area contributed by atoms with Crippen LogP contribution in [0, 0.1) is 6.92 Å². The van der Waals surface area contributed by atoms with Crippen LogP contribution in [0.5, 0.6) is 5.75 Å². The summed E-state index contributed by atoms with van der Waals surface area (Å²) in [5.41, 5.74) is 5.34. The molecule has 5 heteroatoms. The van der Waals surface area contributed by atoms with Gasteiger partial charge in [0.05, 0.1) is 18.1 Å². The van der Waals surface area contributed by atoms with Gasteiger partial charge in [-0.2, -0.15) is 0 Å². The van der Waals surface area contributed by atoms with Crippen molar-refractivity contribution in [1.82, 2.24) is 9.55 Å². The van der Waals surface area contributed by atoms with E-state index in [2.05, 4.69) is 35.8 Å². The van der Waals surface area contributed by atoms with Gasteiger partial charge in [0.25, 0.3) is 0 Å². The number of ether oxygens (including phenoxy) is 1. The number of rotatable bonds is 5. The van der Waals surface area contributed by atoms with Crippen LogP contribution in [0.1, 0.15) is 29.3 Å². The molecule has 0 radical (unpaired) electrons. The number of amides is 1.